The van der Waals surface area contributed by atoms with Crippen LogP contribution >= 0.6 is 0 Å². The lowest BCUT2D eigenvalue weighted by Crippen LogP contribution is -2.37. The Hall–Kier alpha value is -2.73. The van der Waals surface area contributed by atoms with Crippen molar-refractivity contribution >= 4 is 0 Å². The molecule has 1 aromatic carbocycles. The molecule has 6 nitrogen and oxygen atoms in total. The van der Waals surface area contributed by atoms with Gasteiger partial charge in [0.15, 0.2) is 0 Å². The van der Waals surface area contributed by atoms with Gasteiger partial charge < -0.3 is 10.1 Å². The molecular weight excluding hydrogens is 302 g/mol. The van der Waals surface area contributed by atoms with Crippen LogP contribution in [0.4, 0.5) is 0 Å². The Bertz CT molecular complexity index is 802. The summed E-state index contributed by atoms with van der Waals surface area (Å²) in [4.78, 5) is 8.36. The number of aryl methyl sites for hydroxylation is 1. The first-order chi connectivity index (χ1) is 11.9. The third-order valence-corrected chi connectivity index (χ3v) is 4.22. The van der Waals surface area contributed by atoms with Crippen LogP contribution in [0.2, 0.25) is 0 Å². The molecule has 0 saturated heterocycles. The van der Waals surface area contributed by atoms with Gasteiger partial charge in [0.1, 0.15) is 23.7 Å². The average molecular weight is 321 g/mol. The van der Waals surface area contributed by atoms with Crippen molar-refractivity contribution in [2.24, 2.45) is 0 Å². The maximum absolute atomic E-state index is 5.96. The Labute approximate surface area is 140 Å². The molecule has 0 saturated carbocycles. The summed E-state index contributed by atoms with van der Waals surface area (Å²) < 4.78 is 7.95. The van der Waals surface area contributed by atoms with Gasteiger partial charge in [-0.2, -0.15) is 5.10 Å². The van der Waals surface area contributed by atoms with Crippen LogP contribution in [0.25, 0.3) is 0 Å². The third kappa shape index (κ3) is 3.28. The van der Waals surface area contributed by atoms with Gasteiger partial charge in [-0.3, -0.25) is 4.98 Å². The smallest absolute Gasteiger partial charge is 0.145 e. The molecule has 24 heavy (non-hydrogen) atoms. The Kier molecular flexibility index (Phi) is 4.20. The van der Waals surface area contributed by atoms with Crippen LogP contribution in [0.1, 0.15) is 17.8 Å². The monoisotopic (exact) mass is 321 g/mol. The Morgan fingerprint density at radius 1 is 1.21 bits per heavy atom. The fourth-order valence-electron chi connectivity index (χ4n) is 2.94. The second kappa shape index (κ2) is 6.80. The van der Waals surface area contributed by atoms with Gasteiger partial charge in [-0.15, -0.1) is 0 Å². The van der Waals surface area contributed by atoms with E-state index in [-0.39, 0.29) is 0 Å². The van der Waals surface area contributed by atoms with Gasteiger partial charge in [0.2, 0.25) is 0 Å². The summed E-state index contributed by atoms with van der Waals surface area (Å²) in [6.07, 6.45) is 7.13. The van der Waals surface area contributed by atoms with Crippen molar-refractivity contribution in [1.82, 2.24) is 25.1 Å². The average Bonchev–Trinajstić information content (AvgIpc) is 3.10. The number of ether oxygens (including phenoxy) is 1. The van der Waals surface area contributed by atoms with E-state index >= 15 is 0 Å². The van der Waals surface area contributed by atoms with Gasteiger partial charge in [-0.25, -0.2) is 9.67 Å². The number of pyridine rings is 1. The molecule has 0 amide bonds. The molecule has 3 aromatic rings. The van der Waals surface area contributed by atoms with Gasteiger partial charge in [0, 0.05) is 30.8 Å². The van der Waals surface area contributed by atoms with E-state index in [2.05, 4.69) is 26.4 Å². The zero-order chi connectivity index (χ0) is 16.2. The van der Waals surface area contributed by atoms with Crippen molar-refractivity contribution in [2.45, 2.75) is 32.0 Å². The molecule has 0 aliphatic carbocycles. The number of fused-ring (bicyclic) bond motifs is 1. The Morgan fingerprint density at radius 3 is 3.08 bits per heavy atom. The molecule has 0 spiro atoms. The molecule has 0 bridgehead atoms. The Morgan fingerprint density at radius 2 is 2.17 bits per heavy atom. The van der Waals surface area contributed by atoms with Gasteiger partial charge in [0.25, 0.3) is 0 Å². The summed E-state index contributed by atoms with van der Waals surface area (Å²) in [6.45, 7) is 1.62. The molecule has 122 valence electrons. The first-order valence-corrected chi connectivity index (χ1v) is 8.14. The van der Waals surface area contributed by atoms with Crippen molar-refractivity contribution in [3.05, 3.63) is 66.5 Å². The predicted molar refractivity (Wildman–Crippen MR) is 89.7 cm³/mol. The van der Waals surface area contributed by atoms with Gasteiger partial charge >= 0.3 is 0 Å². The van der Waals surface area contributed by atoms with E-state index in [0.717, 1.165) is 48.8 Å². The lowest BCUT2D eigenvalue weighted by atomic mass is 10.1. The summed E-state index contributed by atoms with van der Waals surface area (Å²) in [7, 11) is 0. The number of nitrogens with zero attached hydrogens (tertiary/aromatic N) is 4. The van der Waals surface area contributed by atoms with Crippen LogP contribution in [0.3, 0.4) is 0 Å². The van der Waals surface area contributed by atoms with E-state index in [1.54, 1.807) is 18.7 Å². The van der Waals surface area contributed by atoms with Gasteiger partial charge in [0.05, 0.1) is 12.7 Å². The van der Waals surface area contributed by atoms with Crippen LogP contribution in [-0.2, 0) is 19.5 Å². The van der Waals surface area contributed by atoms with E-state index in [9.17, 15) is 0 Å². The highest BCUT2D eigenvalue weighted by molar-refractivity contribution is 5.37. The van der Waals surface area contributed by atoms with Crippen LogP contribution in [0, 0.1) is 0 Å². The maximum atomic E-state index is 5.96. The second-order valence-corrected chi connectivity index (χ2v) is 5.87. The minimum Gasteiger partial charge on any atom is -0.455 e. The minimum atomic E-state index is 0.394. The zero-order valence-corrected chi connectivity index (χ0v) is 13.3. The Balaban J connectivity index is 1.42. The van der Waals surface area contributed by atoms with Crippen LogP contribution < -0.4 is 10.1 Å². The van der Waals surface area contributed by atoms with Crippen LogP contribution in [0.5, 0.6) is 11.5 Å². The summed E-state index contributed by atoms with van der Waals surface area (Å²) in [5.74, 6) is 2.68. The SMILES string of the molecule is c1cncc(Oc2ccccc2CNC2CCc3ncnn3C2)c1. The molecule has 0 fully saturated rings. The molecule has 1 aliphatic rings. The van der Waals surface area contributed by atoms with E-state index in [1.165, 1.54) is 0 Å². The summed E-state index contributed by atoms with van der Waals surface area (Å²) in [5.41, 5.74) is 1.13. The summed E-state index contributed by atoms with van der Waals surface area (Å²) in [5, 5.41) is 7.88. The lowest BCUT2D eigenvalue weighted by molar-refractivity contribution is 0.355. The fraction of sp³-hybridized carbons (Fsp3) is 0.278. The molecule has 6 heteroatoms. The summed E-state index contributed by atoms with van der Waals surface area (Å²) >= 11 is 0. The van der Waals surface area contributed by atoms with E-state index in [1.807, 2.05) is 35.0 Å². The lowest BCUT2D eigenvalue weighted by Gasteiger charge is -2.24. The topological polar surface area (TPSA) is 64.9 Å². The quantitative estimate of drug-likeness (QED) is 0.782. The van der Waals surface area contributed by atoms with Crippen molar-refractivity contribution in [2.75, 3.05) is 0 Å². The third-order valence-electron chi connectivity index (χ3n) is 4.22. The number of hydrogen-bond acceptors (Lipinski definition) is 5. The largest absolute Gasteiger partial charge is 0.455 e. The highest BCUT2D eigenvalue weighted by atomic mass is 16.5. The normalized spacial score (nSPS) is 16.6. The number of nitrogens with one attached hydrogen (secondary N) is 1. The molecule has 1 atom stereocenters. The first kappa shape index (κ1) is 14.8. The summed E-state index contributed by atoms with van der Waals surface area (Å²) in [6, 6.07) is 12.3. The molecular formula is C18H19N5O. The molecule has 2 aromatic heterocycles. The first-order valence-electron chi connectivity index (χ1n) is 8.14. The molecule has 0 radical (unpaired) electrons. The number of benzene rings is 1. The van der Waals surface area contributed by atoms with E-state index in [4.69, 9.17) is 4.74 Å². The van der Waals surface area contributed by atoms with Crippen LogP contribution in [-0.4, -0.2) is 25.8 Å². The highest BCUT2D eigenvalue weighted by Crippen LogP contribution is 2.24. The predicted octanol–water partition coefficient (Wildman–Crippen LogP) is 2.57. The highest BCUT2D eigenvalue weighted by Gasteiger charge is 2.19. The van der Waals surface area contributed by atoms with E-state index < -0.39 is 0 Å². The fourth-order valence-corrected chi connectivity index (χ4v) is 2.94. The molecule has 1 unspecified atom stereocenters. The van der Waals surface area contributed by atoms with Crippen molar-refractivity contribution in [1.29, 1.82) is 0 Å². The second-order valence-electron chi connectivity index (χ2n) is 5.87. The van der Waals surface area contributed by atoms with Crippen LogP contribution in [0.15, 0.2) is 55.1 Å². The molecule has 1 aliphatic heterocycles. The standard InChI is InChI=1S/C18H19N5O/c1-2-6-17(24-16-5-3-9-19-11-16)14(4-1)10-20-15-7-8-18-21-13-22-23(18)12-15/h1-6,9,11,13,15,20H,7-8,10,12H2. The minimum absolute atomic E-state index is 0.394. The van der Waals surface area contributed by atoms with Crippen molar-refractivity contribution in [3.63, 3.8) is 0 Å². The number of para-hydroxylation sites is 1. The molecule has 1 N–H and O–H groups in total. The van der Waals surface area contributed by atoms with Crippen molar-refractivity contribution < 1.29 is 4.74 Å². The molecule has 4 rings (SSSR count). The number of hydrogen-bond donors (Lipinski definition) is 1. The van der Waals surface area contributed by atoms with Gasteiger partial charge in [-0.05, 0) is 24.6 Å². The van der Waals surface area contributed by atoms with E-state index in [0.29, 0.717) is 6.04 Å². The maximum Gasteiger partial charge on any atom is 0.145 e. The number of rotatable bonds is 5. The van der Waals surface area contributed by atoms with Gasteiger partial charge in [-0.1, -0.05) is 18.2 Å². The zero-order valence-electron chi connectivity index (χ0n) is 13.3. The number of aromatic nitrogens is 4. The molecule has 3 heterocycles. The van der Waals surface area contributed by atoms with Crippen molar-refractivity contribution in [3.8, 4) is 11.5 Å².